The molecule has 0 spiro atoms. The highest BCUT2D eigenvalue weighted by atomic mass is 16.7. The van der Waals surface area contributed by atoms with Crippen LogP contribution in [-0.2, 0) is 75.1 Å². The Hall–Kier alpha value is -4.63. The standard InChI is InChI=1S/C36H42O14/c1-21(37)43-20-28(46-22(2)38)17-30-33(44-18-25-9-7-6-8-10-25)34(45-19-26-11-13-27(42-5)14-12-26)36(49-30)35(48-24(4)40)32-29(41)15-16-31(50-32)47-23(3)39/h6-16,28,30-36H,17-20H2,1-5H3/t28-,30-,31?,32+,33+,34-,35-,36-/m1/s1. The first-order chi connectivity index (χ1) is 23.9. The summed E-state index contributed by atoms with van der Waals surface area (Å²) in [5.74, 6) is -2.54. The van der Waals surface area contributed by atoms with E-state index in [1.165, 1.54) is 39.8 Å². The Morgan fingerprint density at radius 1 is 0.760 bits per heavy atom. The Balaban J connectivity index is 1.74. The van der Waals surface area contributed by atoms with E-state index >= 15 is 0 Å². The maximum atomic E-state index is 13.3. The summed E-state index contributed by atoms with van der Waals surface area (Å²) >= 11 is 0. The van der Waals surface area contributed by atoms with Crippen LogP contribution < -0.4 is 4.74 Å². The summed E-state index contributed by atoms with van der Waals surface area (Å²) in [5.41, 5.74) is 1.59. The quantitative estimate of drug-likeness (QED) is 0.185. The molecule has 0 amide bonds. The second kappa shape index (κ2) is 18.4. The van der Waals surface area contributed by atoms with Crippen LogP contribution in [0.2, 0.25) is 0 Å². The van der Waals surface area contributed by atoms with Gasteiger partial charge in [-0.3, -0.25) is 24.0 Å². The molecule has 0 bridgehead atoms. The maximum absolute atomic E-state index is 13.3. The van der Waals surface area contributed by atoms with E-state index in [2.05, 4.69) is 0 Å². The Kier molecular flexibility index (Phi) is 14.0. The fraction of sp³-hybridized carbons (Fsp3) is 0.472. The molecule has 0 saturated carbocycles. The van der Waals surface area contributed by atoms with Crippen molar-refractivity contribution < 1.29 is 66.6 Å². The van der Waals surface area contributed by atoms with E-state index in [0.717, 1.165) is 11.1 Å². The van der Waals surface area contributed by atoms with Gasteiger partial charge in [0.1, 0.15) is 36.8 Å². The Morgan fingerprint density at radius 2 is 1.40 bits per heavy atom. The minimum atomic E-state index is -1.47. The molecule has 2 aliphatic rings. The molecule has 14 heteroatoms. The number of carbonyl (C=O) groups excluding carboxylic acids is 5. The molecule has 50 heavy (non-hydrogen) atoms. The van der Waals surface area contributed by atoms with Gasteiger partial charge in [-0.15, -0.1) is 0 Å². The summed E-state index contributed by atoms with van der Waals surface area (Å²) in [4.78, 5) is 61.3. The van der Waals surface area contributed by atoms with Crippen LogP contribution in [0.25, 0.3) is 0 Å². The highest BCUT2D eigenvalue weighted by Gasteiger charge is 2.55. The van der Waals surface area contributed by atoms with Crippen molar-refractivity contribution in [1.82, 2.24) is 0 Å². The van der Waals surface area contributed by atoms with Crippen LogP contribution in [0.3, 0.4) is 0 Å². The van der Waals surface area contributed by atoms with Crippen molar-refractivity contribution in [2.75, 3.05) is 13.7 Å². The zero-order valence-electron chi connectivity index (χ0n) is 28.5. The summed E-state index contributed by atoms with van der Waals surface area (Å²) in [6.07, 6.45) is -6.72. The molecule has 1 saturated heterocycles. The topological polar surface area (TPSA) is 168 Å². The van der Waals surface area contributed by atoms with Gasteiger partial charge in [0.25, 0.3) is 0 Å². The molecule has 270 valence electrons. The molecule has 2 heterocycles. The number of ether oxygens (including phenoxy) is 9. The van der Waals surface area contributed by atoms with Crippen molar-refractivity contribution >= 4 is 29.7 Å². The number of hydrogen-bond acceptors (Lipinski definition) is 14. The lowest BCUT2D eigenvalue weighted by molar-refractivity contribution is -0.211. The van der Waals surface area contributed by atoms with Gasteiger partial charge in [0.15, 0.2) is 18.0 Å². The number of carbonyl (C=O) groups is 5. The summed E-state index contributed by atoms with van der Waals surface area (Å²) in [6, 6.07) is 16.5. The fourth-order valence-electron chi connectivity index (χ4n) is 5.62. The monoisotopic (exact) mass is 698 g/mol. The molecule has 2 aliphatic heterocycles. The number of methoxy groups -OCH3 is 1. The lowest BCUT2D eigenvalue weighted by Gasteiger charge is -2.35. The second-order valence-electron chi connectivity index (χ2n) is 11.7. The van der Waals surface area contributed by atoms with Crippen LogP contribution in [-0.4, -0.2) is 92.4 Å². The van der Waals surface area contributed by atoms with Crippen molar-refractivity contribution in [3.63, 3.8) is 0 Å². The van der Waals surface area contributed by atoms with Crippen LogP contribution in [0.4, 0.5) is 0 Å². The largest absolute Gasteiger partial charge is 0.497 e. The summed E-state index contributed by atoms with van der Waals surface area (Å²) in [6.45, 7) is 4.67. The minimum absolute atomic E-state index is 0.0343. The molecule has 2 aromatic carbocycles. The predicted molar refractivity (Wildman–Crippen MR) is 172 cm³/mol. The van der Waals surface area contributed by atoms with E-state index in [1.54, 1.807) is 19.2 Å². The van der Waals surface area contributed by atoms with E-state index in [9.17, 15) is 24.0 Å². The molecule has 4 rings (SSSR count). The molecular weight excluding hydrogens is 656 g/mol. The minimum Gasteiger partial charge on any atom is -0.497 e. The number of ketones is 1. The molecule has 0 aliphatic carbocycles. The van der Waals surface area contributed by atoms with E-state index in [1.807, 2.05) is 42.5 Å². The SMILES string of the molecule is COc1ccc(CO[C@H]2[C@H]([C@H](OC(C)=O)[C@H]3OC(OC(C)=O)C=CC3=O)O[C@H](C[C@H](COC(C)=O)OC(C)=O)[C@@H]2OCc2ccccc2)cc1. The third kappa shape index (κ3) is 11.2. The first-order valence-corrected chi connectivity index (χ1v) is 16.0. The normalized spacial score (nSPS) is 24.1. The van der Waals surface area contributed by atoms with Crippen LogP contribution >= 0.6 is 0 Å². The van der Waals surface area contributed by atoms with Gasteiger partial charge >= 0.3 is 23.9 Å². The third-order valence-corrected chi connectivity index (χ3v) is 7.72. The van der Waals surface area contributed by atoms with Crippen molar-refractivity contribution in [2.24, 2.45) is 0 Å². The van der Waals surface area contributed by atoms with Gasteiger partial charge in [0, 0.05) is 34.1 Å². The smallest absolute Gasteiger partial charge is 0.305 e. The van der Waals surface area contributed by atoms with Gasteiger partial charge < -0.3 is 42.6 Å². The average Bonchev–Trinajstić information content (AvgIpc) is 3.41. The molecule has 1 fully saturated rings. The Morgan fingerprint density at radius 3 is 2.00 bits per heavy atom. The Bertz CT molecular complexity index is 1490. The van der Waals surface area contributed by atoms with Gasteiger partial charge in [-0.1, -0.05) is 42.5 Å². The fourth-order valence-corrected chi connectivity index (χ4v) is 5.62. The number of esters is 4. The highest BCUT2D eigenvalue weighted by Crippen LogP contribution is 2.36. The Labute approximate surface area is 289 Å². The van der Waals surface area contributed by atoms with Gasteiger partial charge in [-0.25, -0.2) is 0 Å². The molecule has 2 aromatic rings. The maximum Gasteiger partial charge on any atom is 0.305 e. The van der Waals surface area contributed by atoms with Gasteiger partial charge in [0.2, 0.25) is 6.29 Å². The summed E-state index contributed by atoms with van der Waals surface area (Å²) < 4.78 is 52.2. The summed E-state index contributed by atoms with van der Waals surface area (Å²) in [5, 5.41) is 0. The third-order valence-electron chi connectivity index (χ3n) is 7.72. The van der Waals surface area contributed by atoms with Crippen LogP contribution in [0.1, 0.15) is 45.2 Å². The number of rotatable bonds is 16. The second-order valence-corrected chi connectivity index (χ2v) is 11.7. The van der Waals surface area contributed by atoms with Gasteiger partial charge in [-0.2, -0.15) is 0 Å². The van der Waals surface area contributed by atoms with Crippen molar-refractivity contribution in [1.29, 1.82) is 0 Å². The van der Waals surface area contributed by atoms with Crippen molar-refractivity contribution in [2.45, 2.75) is 96.3 Å². The number of hydrogen-bond donors (Lipinski definition) is 0. The van der Waals surface area contributed by atoms with E-state index in [0.29, 0.717) is 5.75 Å². The highest BCUT2D eigenvalue weighted by molar-refractivity contribution is 5.95. The lowest BCUT2D eigenvalue weighted by atomic mass is 9.95. The van der Waals surface area contributed by atoms with E-state index in [4.69, 9.17) is 42.6 Å². The zero-order chi connectivity index (χ0) is 36.2. The molecular formula is C36H42O14. The predicted octanol–water partition coefficient (Wildman–Crippen LogP) is 3.16. The molecule has 1 unspecified atom stereocenters. The van der Waals surface area contributed by atoms with Crippen molar-refractivity contribution in [3.8, 4) is 5.75 Å². The number of benzene rings is 2. The van der Waals surface area contributed by atoms with Crippen LogP contribution in [0.5, 0.6) is 5.75 Å². The molecule has 0 aromatic heterocycles. The van der Waals surface area contributed by atoms with Gasteiger partial charge in [-0.05, 0) is 35.4 Å². The first-order valence-electron chi connectivity index (χ1n) is 16.0. The molecule has 14 nitrogen and oxygen atoms in total. The molecule has 0 radical (unpaired) electrons. The lowest BCUT2D eigenvalue weighted by Crippen LogP contribution is -2.53. The van der Waals surface area contributed by atoms with Crippen LogP contribution in [0, 0.1) is 0 Å². The zero-order valence-corrected chi connectivity index (χ0v) is 28.5. The first kappa shape index (κ1) is 38.2. The van der Waals surface area contributed by atoms with E-state index < -0.39 is 78.7 Å². The molecule has 8 atom stereocenters. The van der Waals surface area contributed by atoms with E-state index in [-0.39, 0.29) is 26.2 Å². The average molecular weight is 699 g/mol. The van der Waals surface area contributed by atoms with Gasteiger partial charge in [0.05, 0.1) is 26.4 Å². The molecule has 0 N–H and O–H groups in total. The van der Waals surface area contributed by atoms with Crippen molar-refractivity contribution in [3.05, 3.63) is 77.9 Å². The van der Waals surface area contributed by atoms with Crippen LogP contribution in [0.15, 0.2) is 66.7 Å². The summed E-state index contributed by atoms with van der Waals surface area (Å²) in [7, 11) is 1.55.